The van der Waals surface area contributed by atoms with E-state index in [4.69, 9.17) is 10.5 Å². The number of hydrogen-bond donors (Lipinski definition) is 3. The molecule has 0 fully saturated rings. The van der Waals surface area contributed by atoms with Gasteiger partial charge in [0.05, 0.1) is 20.2 Å². The van der Waals surface area contributed by atoms with Gasteiger partial charge in [-0.1, -0.05) is 13.0 Å². The number of ether oxygens (including phenoxy) is 1. The molecular formula is C19H25N5O5. The molecule has 1 aromatic heterocycles. The van der Waals surface area contributed by atoms with Crippen LogP contribution in [-0.2, 0) is 11.3 Å². The van der Waals surface area contributed by atoms with Crippen LogP contribution < -0.4 is 27.0 Å². The summed E-state index contributed by atoms with van der Waals surface area (Å²) < 4.78 is 6.26. The molecule has 0 radical (unpaired) electrons. The number of nitrogen functional groups attached to an aromatic ring is 1. The molecule has 10 nitrogen and oxygen atoms in total. The van der Waals surface area contributed by atoms with E-state index in [0.717, 1.165) is 4.57 Å². The van der Waals surface area contributed by atoms with Crippen LogP contribution in [0.3, 0.4) is 0 Å². The second-order valence-electron chi connectivity index (χ2n) is 6.55. The first-order valence-corrected chi connectivity index (χ1v) is 9.05. The SMILES string of the molecule is CCCn1c(N)c(C(=O)CN(C)CC(=O)Nc2cccc(OC)c2)c(=O)[nH]c1=O. The Morgan fingerprint density at radius 2 is 2.00 bits per heavy atom. The molecule has 0 unspecified atom stereocenters. The Morgan fingerprint density at radius 3 is 2.66 bits per heavy atom. The number of nitrogens with zero attached hydrogens (tertiary/aromatic N) is 2. The summed E-state index contributed by atoms with van der Waals surface area (Å²) in [6.07, 6.45) is 0.605. The number of aromatic amines is 1. The van der Waals surface area contributed by atoms with Gasteiger partial charge in [0.25, 0.3) is 5.56 Å². The third-order valence-electron chi connectivity index (χ3n) is 4.15. The van der Waals surface area contributed by atoms with Crippen LogP contribution >= 0.6 is 0 Å². The lowest BCUT2D eigenvalue weighted by molar-refractivity contribution is -0.116. The highest BCUT2D eigenvalue weighted by Crippen LogP contribution is 2.16. The van der Waals surface area contributed by atoms with E-state index in [1.165, 1.54) is 12.0 Å². The standard InChI is InChI=1S/C19H25N5O5/c1-4-8-24-17(20)16(18(27)22-19(24)28)14(25)10-23(2)11-15(26)21-12-6-5-7-13(9-12)29-3/h5-7,9H,4,8,10-11,20H2,1-3H3,(H,21,26)(H,22,27,28). The van der Waals surface area contributed by atoms with Gasteiger partial charge in [-0.15, -0.1) is 0 Å². The van der Waals surface area contributed by atoms with Crippen LogP contribution in [0.5, 0.6) is 5.75 Å². The molecule has 2 rings (SSSR count). The van der Waals surface area contributed by atoms with Crippen molar-refractivity contribution in [3.8, 4) is 5.75 Å². The zero-order valence-corrected chi connectivity index (χ0v) is 16.7. The average Bonchev–Trinajstić information content (AvgIpc) is 2.64. The lowest BCUT2D eigenvalue weighted by Crippen LogP contribution is -2.40. The maximum Gasteiger partial charge on any atom is 0.329 e. The van der Waals surface area contributed by atoms with Crippen molar-refractivity contribution in [3.05, 3.63) is 50.7 Å². The third-order valence-corrected chi connectivity index (χ3v) is 4.15. The van der Waals surface area contributed by atoms with Gasteiger partial charge in [-0.25, -0.2) is 4.79 Å². The number of amides is 1. The van der Waals surface area contributed by atoms with Gasteiger partial charge in [-0.05, 0) is 25.6 Å². The van der Waals surface area contributed by atoms with Crippen LogP contribution in [0, 0.1) is 0 Å². The van der Waals surface area contributed by atoms with Crippen molar-refractivity contribution in [2.24, 2.45) is 0 Å². The lowest BCUT2D eigenvalue weighted by Gasteiger charge is -2.17. The summed E-state index contributed by atoms with van der Waals surface area (Å²) in [7, 11) is 3.09. The first-order valence-electron chi connectivity index (χ1n) is 9.05. The van der Waals surface area contributed by atoms with Crippen LogP contribution in [-0.4, -0.2) is 53.4 Å². The van der Waals surface area contributed by atoms with Gasteiger partial charge in [0, 0.05) is 18.3 Å². The van der Waals surface area contributed by atoms with E-state index in [2.05, 4.69) is 10.3 Å². The van der Waals surface area contributed by atoms with Crippen LogP contribution in [0.4, 0.5) is 11.5 Å². The van der Waals surface area contributed by atoms with Gasteiger partial charge in [0.15, 0.2) is 5.78 Å². The Hall–Kier alpha value is -3.40. The Labute approximate surface area is 167 Å². The van der Waals surface area contributed by atoms with Crippen molar-refractivity contribution >= 4 is 23.2 Å². The number of Topliss-reactive ketones (excluding diaryl/α,β-unsaturated/α-hetero) is 1. The van der Waals surface area contributed by atoms with Gasteiger partial charge in [-0.2, -0.15) is 0 Å². The predicted molar refractivity (Wildman–Crippen MR) is 109 cm³/mol. The van der Waals surface area contributed by atoms with Crippen molar-refractivity contribution in [2.75, 3.05) is 38.3 Å². The number of H-pyrrole nitrogens is 1. The normalized spacial score (nSPS) is 10.8. The number of likely N-dealkylation sites (N-methyl/N-ethyl adjacent to an activating group) is 1. The fourth-order valence-corrected chi connectivity index (χ4v) is 2.83. The molecule has 10 heteroatoms. The largest absolute Gasteiger partial charge is 0.497 e. The summed E-state index contributed by atoms with van der Waals surface area (Å²) in [6.45, 7) is 1.81. The highest BCUT2D eigenvalue weighted by Gasteiger charge is 2.21. The number of ketones is 1. The zero-order valence-electron chi connectivity index (χ0n) is 16.7. The monoisotopic (exact) mass is 403 g/mol. The number of carbonyl (C=O) groups is 2. The summed E-state index contributed by atoms with van der Waals surface area (Å²) >= 11 is 0. The van der Waals surface area contributed by atoms with Gasteiger partial charge in [0.2, 0.25) is 5.91 Å². The number of carbonyl (C=O) groups excluding carboxylic acids is 2. The molecule has 0 saturated heterocycles. The maximum atomic E-state index is 12.6. The van der Waals surface area contributed by atoms with E-state index in [1.807, 2.05) is 6.92 Å². The topological polar surface area (TPSA) is 140 Å². The molecule has 0 bridgehead atoms. The minimum atomic E-state index is -0.834. The first-order chi connectivity index (χ1) is 13.8. The van der Waals surface area contributed by atoms with Crippen molar-refractivity contribution in [1.82, 2.24) is 14.5 Å². The van der Waals surface area contributed by atoms with Gasteiger partial charge < -0.3 is 15.8 Å². The smallest absolute Gasteiger partial charge is 0.329 e. The van der Waals surface area contributed by atoms with Gasteiger partial charge in [0.1, 0.15) is 17.1 Å². The minimum absolute atomic E-state index is 0.0879. The highest BCUT2D eigenvalue weighted by molar-refractivity contribution is 6.01. The molecule has 0 atom stereocenters. The van der Waals surface area contributed by atoms with Crippen LogP contribution in [0.2, 0.25) is 0 Å². The number of nitrogens with one attached hydrogen (secondary N) is 2. The molecule has 1 aromatic carbocycles. The van der Waals surface area contributed by atoms with E-state index in [-0.39, 0.29) is 36.9 Å². The zero-order chi connectivity index (χ0) is 21.6. The van der Waals surface area contributed by atoms with E-state index in [0.29, 0.717) is 17.9 Å². The molecule has 4 N–H and O–H groups in total. The molecule has 156 valence electrons. The Balaban J connectivity index is 2.07. The molecule has 0 saturated carbocycles. The first kappa shape index (κ1) is 21.9. The van der Waals surface area contributed by atoms with E-state index >= 15 is 0 Å². The van der Waals surface area contributed by atoms with Gasteiger partial charge in [-0.3, -0.25) is 28.8 Å². The minimum Gasteiger partial charge on any atom is -0.497 e. The molecule has 1 heterocycles. The second-order valence-corrected chi connectivity index (χ2v) is 6.55. The van der Waals surface area contributed by atoms with Crippen LogP contribution in [0.1, 0.15) is 23.7 Å². The molecule has 1 amide bonds. The molecule has 0 aliphatic heterocycles. The summed E-state index contributed by atoms with van der Waals surface area (Å²) in [5, 5.41) is 2.71. The Bertz CT molecular complexity index is 1010. The molecule has 0 aliphatic rings. The number of nitrogens with two attached hydrogens (primary N) is 1. The van der Waals surface area contributed by atoms with E-state index in [1.54, 1.807) is 31.3 Å². The van der Waals surface area contributed by atoms with Gasteiger partial charge >= 0.3 is 5.69 Å². The number of anilines is 2. The maximum absolute atomic E-state index is 12.6. The van der Waals surface area contributed by atoms with Crippen molar-refractivity contribution in [3.63, 3.8) is 0 Å². The molecule has 0 aliphatic carbocycles. The Kier molecular flexibility index (Phi) is 7.32. The highest BCUT2D eigenvalue weighted by atomic mass is 16.5. The molecule has 0 spiro atoms. The second kappa shape index (κ2) is 9.69. The predicted octanol–water partition coefficient (Wildman–Crippen LogP) is 0.291. The summed E-state index contributed by atoms with van der Waals surface area (Å²) in [6, 6.07) is 6.87. The Morgan fingerprint density at radius 1 is 1.28 bits per heavy atom. The van der Waals surface area contributed by atoms with Crippen LogP contribution in [0.25, 0.3) is 0 Å². The number of benzene rings is 1. The summed E-state index contributed by atoms with van der Waals surface area (Å²) in [5.74, 6) is -0.486. The number of aromatic nitrogens is 2. The number of rotatable bonds is 9. The van der Waals surface area contributed by atoms with E-state index in [9.17, 15) is 19.2 Å². The van der Waals surface area contributed by atoms with E-state index < -0.39 is 17.0 Å². The fraction of sp³-hybridized carbons (Fsp3) is 0.368. The number of methoxy groups -OCH3 is 1. The average molecular weight is 403 g/mol. The quantitative estimate of drug-likeness (QED) is 0.511. The van der Waals surface area contributed by atoms with Crippen molar-refractivity contribution in [2.45, 2.75) is 19.9 Å². The fourth-order valence-electron chi connectivity index (χ4n) is 2.83. The molecule has 29 heavy (non-hydrogen) atoms. The summed E-state index contributed by atoms with van der Waals surface area (Å²) in [5.41, 5.74) is 4.68. The number of hydrogen-bond acceptors (Lipinski definition) is 7. The van der Waals surface area contributed by atoms with Crippen molar-refractivity contribution < 1.29 is 14.3 Å². The molecular weight excluding hydrogens is 378 g/mol. The van der Waals surface area contributed by atoms with Crippen molar-refractivity contribution in [1.29, 1.82) is 0 Å². The third kappa shape index (κ3) is 5.55. The summed E-state index contributed by atoms with van der Waals surface area (Å²) in [4.78, 5) is 52.3. The van der Waals surface area contributed by atoms with Crippen LogP contribution in [0.15, 0.2) is 33.9 Å². The molecule has 2 aromatic rings. The lowest BCUT2D eigenvalue weighted by atomic mass is 10.2.